The number of anilines is 3. The van der Waals surface area contributed by atoms with E-state index in [0.717, 1.165) is 33.9 Å². The molecule has 45 heavy (non-hydrogen) atoms. The zero-order valence-electron chi connectivity index (χ0n) is 24.3. The summed E-state index contributed by atoms with van der Waals surface area (Å²) in [6.07, 6.45) is 0. The molecule has 0 amide bonds. The minimum atomic E-state index is 0.926. The van der Waals surface area contributed by atoms with Gasteiger partial charge >= 0.3 is 0 Å². The number of benzene rings is 7. The fourth-order valence-corrected chi connectivity index (χ4v) is 7.49. The Kier molecular flexibility index (Phi) is 5.00. The first kappa shape index (κ1) is 24.4. The lowest BCUT2D eigenvalue weighted by molar-refractivity contribution is 0.669. The van der Waals surface area contributed by atoms with Crippen molar-refractivity contribution >= 4 is 82.4 Å². The van der Waals surface area contributed by atoms with E-state index in [1.165, 1.54) is 54.1 Å². The van der Waals surface area contributed by atoms with E-state index in [-0.39, 0.29) is 0 Å². The summed E-state index contributed by atoms with van der Waals surface area (Å²) < 4.78 is 8.94. The molecule has 0 unspecified atom stereocenters. The number of rotatable bonds is 4. The second-order valence-corrected chi connectivity index (χ2v) is 11.7. The molecule has 0 saturated carbocycles. The van der Waals surface area contributed by atoms with Gasteiger partial charge in [0.15, 0.2) is 0 Å². The first-order valence-corrected chi connectivity index (χ1v) is 15.4. The molecular weight excluding hydrogens is 548 g/mol. The first-order chi connectivity index (χ1) is 22.3. The monoisotopic (exact) mass is 574 g/mol. The maximum Gasteiger partial charge on any atom is 0.136 e. The SMILES string of the molecule is c1ccc(N(c2ccccc2)c2ccc(-n3c4cccc5c6ccccc6c6cccc7oc8ccc3c(c8c76)c54)cc2)cc1. The normalized spacial score (nSPS) is 12.0. The molecule has 3 heteroatoms. The van der Waals surface area contributed by atoms with Crippen LogP contribution >= 0.6 is 0 Å². The summed E-state index contributed by atoms with van der Waals surface area (Å²) in [4.78, 5) is 2.30. The molecule has 210 valence electrons. The Morgan fingerprint density at radius 1 is 0.356 bits per heavy atom. The quantitative estimate of drug-likeness (QED) is 0.208. The summed E-state index contributed by atoms with van der Waals surface area (Å²) in [5.41, 5.74) is 8.70. The zero-order chi connectivity index (χ0) is 29.5. The molecule has 8 aromatic carbocycles. The number of para-hydroxylation sites is 2. The van der Waals surface area contributed by atoms with Crippen molar-refractivity contribution in [3.8, 4) is 5.69 Å². The Balaban J connectivity index is 1.29. The molecule has 0 bridgehead atoms. The molecular formula is C42H26N2O. The predicted octanol–water partition coefficient (Wildman–Crippen LogP) is 11.9. The molecule has 2 heterocycles. The molecule has 0 aliphatic carbocycles. The van der Waals surface area contributed by atoms with Gasteiger partial charge in [0.2, 0.25) is 0 Å². The van der Waals surface area contributed by atoms with Gasteiger partial charge in [0.05, 0.1) is 11.0 Å². The van der Waals surface area contributed by atoms with Gasteiger partial charge in [0, 0.05) is 44.3 Å². The van der Waals surface area contributed by atoms with Gasteiger partial charge < -0.3 is 13.9 Å². The van der Waals surface area contributed by atoms with Crippen LogP contribution in [-0.2, 0) is 0 Å². The van der Waals surface area contributed by atoms with Crippen molar-refractivity contribution in [1.82, 2.24) is 4.57 Å². The van der Waals surface area contributed by atoms with Gasteiger partial charge in [0.25, 0.3) is 0 Å². The molecule has 0 N–H and O–H groups in total. The summed E-state index contributed by atoms with van der Waals surface area (Å²) in [5, 5.41) is 9.85. The van der Waals surface area contributed by atoms with Crippen LogP contribution < -0.4 is 4.90 Å². The van der Waals surface area contributed by atoms with E-state index < -0.39 is 0 Å². The molecule has 0 aliphatic rings. The number of aromatic nitrogens is 1. The number of hydrogen-bond acceptors (Lipinski definition) is 2. The Hall–Kier alpha value is -6.06. The van der Waals surface area contributed by atoms with Gasteiger partial charge in [-0.3, -0.25) is 0 Å². The minimum absolute atomic E-state index is 0.926. The van der Waals surface area contributed by atoms with E-state index in [4.69, 9.17) is 4.42 Å². The van der Waals surface area contributed by atoms with E-state index in [0.29, 0.717) is 0 Å². The summed E-state index contributed by atoms with van der Waals surface area (Å²) in [7, 11) is 0. The van der Waals surface area contributed by atoms with Crippen LogP contribution in [0.4, 0.5) is 17.1 Å². The van der Waals surface area contributed by atoms with Gasteiger partial charge in [-0.25, -0.2) is 0 Å². The summed E-state index contributed by atoms with van der Waals surface area (Å²) in [6, 6.07) is 56.4. The third-order valence-electron chi connectivity index (χ3n) is 9.32. The van der Waals surface area contributed by atoms with Gasteiger partial charge in [-0.1, -0.05) is 84.9 Å². The maximum absolute atomic E-state index is 6.52. The molecule has 10 aromatic rings. The third-order valence-corrected chi connectivity index (χ3v) is 9.32. The summed E-state index contributed by atoms with van der Waals surface area (Å²) in [5.74, 6) is 0. The fraction of sp³-hybridized carbons (Fsp3) is 0. The molecule has 10 rings (SSSR count). The van der Waals surface area contributed by atoms with E-state index in [2.05, 4.69) is 167 Å². The molecule has 0 saturated heterocycles. The lowest BCUT2D eigenvalue weighted by Gasteiger charge is -2.25. The zero-order valence-corrected chi connectivity index (χ0v) is 24.3. The van der Waals surface area contributed by atoms with Crippen LogP contribution in [0, 0.1) is 0 Å². The predicted molar refractivity (Wildman–Crippen MR) is 189 cm³/mol. The van der Waals surface area contributed by atoms with Gasteiger partial charge in [-0.15, -0.1) is 0 Å². The van der Waals surface area contributed by atoms with Crippen molar-refractivity contribution in [2.75, 3.05) is 4.90 Å². The Labute approximate surface area is 259 Å². The van der Waals surface area contributed by atoms with Crippen LogP contribution in [0.5, 0.6) is 0 Å². The molecule has 0 radical (unpaired) electrons. The van der Waals surface area contributed by atoms with Crippen LogP contribution in [0.15, 0.2) is 162 Å². The van der Waals surface area contributed by atoms with Gasteiger partial charge in [0.1, 0.15) is 11.2 Å². The highest BCUT2D eigenvalue weighted by Crippen LogP contribution is 2.47. The van der Waals surface area contributed by atoms with Crippen LogP contribution in [0.25, 0.3) is 71.0 Å². The fourth-order valence-electron chi connectivity index (χ4n) is 7.49. The van der Waals surface area contributed by atoms with Crippen molar-refractivity contribution in [2.24, 2.45) is 0 Å². The van der Waals surface area contributed by atoms with Crippen molar-refractivity contribution in [3.63, 3.8) is 0 Å². The largest absolute Gasteiger partial charge is 0.456 e. The van der Waals surface area contributed by atoms with Crippen molar-refractivity contribution in [3.05, 3.63) is 158 Å². The Morgan fingerprint density at radius 3 is 1.58 bits per heavy atom. The summed E-state index contributed by atoms with van der Waals surface area (Å²) in [6.45, 7) is 0. The van der Waals surface area contributed by atoms with E-state index in [1.807, 2.05) is 0 Å². The molecule has 2 aromatic heterocycles. The highest BCUT2D eigenvalue weighted by Gasteiger charge is 2.23. The molecule has 0 aliphatic heterocycles. The molecule has 3 nitrogen and oxygen atoms in total. The lowest BCUT2D eigenvalue weighted by atomic mass is 9.95. The van der Waals surface area contributed by atoms with Gasteiger partial charge in [-0.2, -0.15) is 0 Å². The van der Waals surface area contributed by atoms with Crippen LogP contribution in [-0.4, -0.2) is 4.57 Å². The minimum Gasteiger partial charge on any atom is -0.456 e. The highest BCUT2D eigenvalue weighted by atomic mass is 16.3. The third kappa shape index (κ3) is 3.41. The number of nitrogens with zero attached hydrogens (tertiary/aromatic N) is 2. The lowest BCUT2D eigenvalue weighted by Crippen LogP contribution is -2.09. The smallest absolute Gasteiger partial charge is 0.136 e. The molecule has 0 atom stereocenters. The Bertz CT molecular complexity index is 2640. The second-order valence-electron chi connectivity index (χ2n) is 11.7. The highest BCUT2D eigenvalue weighted by molar-refractivity contribution is 6.38. The average Bonchev–Trinajstić information content (AvgIpc) is 3.65. The maximum atomic E-state index is 6.52. The van der Waals surface area contributed by atoms with Crippen molar-refractivity contribution in [1.29, 1.82) is 0 Å². The topological polar surface area (TPSA) is 21.3 Å². The molecule has 0 spiro atoms. The average molecular weight is 575 g/mol. The second kappa shape index (κ2) is 9.22. The van der Waals surface area contributed by atoms with Crippen LogP contribution in [0.1, 0.15) is 0 Å². The number of fused-ring (bicyclic) bond motifs is 3. The van der Waals surface area contributed by atoms with Crippen molar-refractivity contribution in [2.45, 2.75) is 0 Å². The standard InChI is InChI=1S/C42H26N2O/c1-3-11-27(12-4-1)43(28-13-5-2-6-14-28)29-21-23-30(24-22-29)44-35-19-9-17-33-31-15-7-8-16-32(31)34-18-10-20-37-40(34)42-38(45-37)26-25-36(44)41(42)39(33)35/h1-26H. The van der Waals surface area contributed by atoms with Crippen LogP contribution in [0.3, 0.4) is 0 Å². The number of furan rings is 1. The van der Waals surface area contributed by atoms with Crippen LogP contribution in [0.2, 0.25) is 0 Å². The van der Waals surface area contributed by atoms with E-state index in [9.17, 15) is 0 Å². The van der Waals surface area contributed by atoms with E-state index >= 15 is 0 Å². The Morgan fingerprint density at radius 2 is 0.889 bits per heavy atom. The first-order valence-electron chi connectivity index (χ1n) is 15.4. The van der Waals surface area contributed by atoms with Crippen molar-refractivity contribution < 1.29 is 4.42 Å². The number of hydrogen-bond donors (Lipinski definition) is 0. The van der Waals surface area contributed by atoms with Gasteiger partial charge in [-0.05, 0) is 94.3 Å². The molecule has 0 fully saturated rings. The van der Waals surface area contributed by atoms with E-state index in [1.54, 1.807) is 0 Å². The summed E-state index contributed by atoms with van der Waals surface area (Å²) >= 11 is 0.